The SMILES string of the molecule is CC(C)N1CCC(NCc2cccc(Cl)c2)C1. The molecule has 1 fully saturated rings. The minimum absolute atomic E-state index is 0.622. The van der Waals surface area contributed by atoms with Gasteiger partial charge in [-0.2, -0.15) is 0 Å². The smallest absolute Gasteiger partial charge is 0.0409 e. The van der Waals surface area contributed by atoms with Crippen LogP contribution in [0.5, 0.6) is 0 Å². The first-order valence-electron chi connectivity index (χ1n) is 6.37. The molecule has 2 nitrogen and oxygen atoms in total. The zero-order valence-electron chi connectivity index (χ0n) is 10.6. The minimum atomic E-state index is 0.622. The zero-order valence-corrected chi connectivity index (χ0v) is 11.4. The van der Waals surface area contributed by atoms with Crippen molar-refractivity contribution < 1.29 is 0 Å². The van der Waals surface area contributed by atoms with Crippen molar-refractivity contribution >= 4 is 11.6 Å². The lowest BCUT2D eigenvalue weighted by Gasteiger charge is -2.20. The molecule has 1 atom stereocenters. The van der Waals surface area contributed by atoms with Gasteiger partial charge in [-0.05, 0) is 44.5 Å². The lowest BCUT2D eigenvalue weighted by Crippen LogP contribution is -2.34. The van der Waals surface area contributed by atoms with Crippen LogP contribution in [0.4, 0.5) is 0 Å². The van der Waals surface area contributed by atoms with Crippen molar-refractivity contribution in [2.75, 3.05) is 13.1 Å². The topological polar surface area (TPSA) is 15.3 Å². The molecule has 17 heavy (non-hydrogen) atoms. The van der Waals surface area contributed by atoms with E-state index in [0.29, 0.717) is 12.1 Å². The van der Waals surface area contributed by atoms with Crippen molar-refractivity contribution in [3.8, 4) is 0 Å². The highest BCUT2D eigenvalue weighted by Crippen LogP contribution is 2.14. The molecule has 0 saturated carbocycles. The first-order chi connectivity index (χ1) is 8.15. The standard InChI is InChI=1S/C14H21ClN2/c1-11(2)17-7-6-14(10-17)16-9-12-4-3-5-13(15)8-12/h3-5,8,11,14,16H,6-7,9-10H2,1-2H3. The molecule has 94 valence electrons. The first-order valence-corrected chi connectivity index (χ1v) is 6.75. The summed E-state index contributed by atoms with van der Waals surface area (Å²) >= 11 is 5.97. The van der Waals surface area contributed by atoms with Gasteiger partial charge in [0, 0.05) is 30.2 Å². The van der Waals surface area contributed by atoms with Gasteiger partial charge < -0.3 is 5.32 Å². The van der Waals surface area contributed by atoms with E-state index in [0.717, 1.165) is 18.1 Å². The van der Waals surface area contributed by atoms with E-state index in [2.05, 4.69) is 30.1 Å². The molecule has 1 aliphatic heterocycles. The van der Waals surface area contributed by atoms with Crippen LogP contribution in [0.1, 0.15) is 25.8 Å². The molecule has 1 unspecified atom stereocenters. The third-order valence-corrected chi connectivity index (χ3v) is 3.67. The number of benzene rings is 1. The summed E-state index contributed by atoms with van der Waals surface area (Å²) in [7, 11) is 0. The first kappa shape index (κ1) is 12.9. The molecule has 3 heteroatoms. The fraction of sp³-hybridized carbons (Fsp3) is 0.571. The maximum Gasteiger partial charge on any atom is 0.0409 e. The van der Waals surface area contributed by atoms with Gasteiger partial charge in [0.05, 0.1) is 0 Å². The Balaban J connectivity index is 1.80. The van der Waals surface area contributed by atoms with E-state index in [1.165, 1.54) is 18.5 Å². The van der Waals surface area contributed by atoms with Gasteiger partial charge in [-0.3, -0.25) is 4.90 Å². The summed E-state index contributed by atoms with van der Waals surface area (Å²) in [6.07, 6.45) is 1.25. The molecule has 2 rings (SSSR count). The highest BCUT2D eigenvalue weighted by Gasteiger charge is 2.23. The van der Waals surface area contributed by atoms with Crippen LogP contribution in [-0.4, -0.2) is 30.1 Å². The van der Waals surface area contributed by atoms with Gasteiger partial charge in [-0.25, -0.2) is 0 Å². The number of rotatable bonds is 4. The second-order valence-corrected chi connectivity index (χ2v) is 5.52. The Morgan fingerprint density at radius 1 is 1.47 bits per heavy atom. The highest BCUT2D eigenvalue weighted by atomic mass is 35.5. The van der Waals surface area contributed by atoms with Gasteiger partial charge in [-0.15, -0.1) is 0 Å². The molecule has 1 aromatic rings. The fourth-order valence-electron chi connectivity index (χ4n) is 2.33. The maximum absolute atomic E-state index is 5.97. The van der Waals surface area contributed by atoms with Crippen LogP contribution in [0.15, 0.2) is 24.3 Å². The molecule has 1 aliphatic rings. The van der Waals surface area contributed by atoms with Gasteiger partial charge >= 0.3 is 0 Å². The second kappa shape index (κ2) is 5.85. The normalized spacial score (nSPS) is 21.3. The molecule has 1 aromatic carbocycles. The average molecular weight is 253 g/mol. The van der Waals surface area contributed by atoms with Gasteiger partial charge in [0.25, 0.3) is 0 Å². The average Bonchev–Trinajstić information content (AvgIpc) is 2.75. The van der Waals surface area contributed by atoms with Gasteiger partial charge in [0.2, 0.25) is 0 Å². The summed E-state index contributed by atoms with van der Waals surface area (Å²) in [5.41, 5.74) is 1.26. The van der Waals surface area contributed by atoms with Crippen LogP contribution in [-0.2, 0) is 6.54 Å². The van der Waals surface area contributed by atoms with E-state index in [4.69, 9.17) is 11.6 Å². The molecular formula is C14H21ClN2. The largest absolute Gasteiger partial charge is 0.309 e. The number of hydrogen-bond acceptors (Lipinski definition) is 2. The number of halogens is 1. The van der Waals surface area contributed by atoms with Crippen molar-refractivity contribution in [1.29, 1.82) is 0 Å². The number of nitrogens with one attached hydrogen (secondary N) is 1. The summed E-state index contributed by atoms with van der Waals surface area (Å²) in [5, 5.41) is 4.43. The molecule has 0 amide bonds. The minimum Gasteiger partial charge on any atom is -0.309 e. The predicted octanol–water partition coefficient (Wildman–Crippen LogP) is 2.91. The zero-order chi connectivity index (χ0) is 12.3. The Morgan fingerprint density at radius 3 is 2.94 bits per heavy atom. The quantitative estimate of drug-likeness (QED) is 0.887. The van der Waals surface area contributed by atoms with Crippen molar-refractivity contribution in [3.63, 3.8) is 0 Å². The summed E-state index contributed by atoms with van der Waals surface area (Å²) in [6.45, 7) is 7.82. The number of nitrogens with zero attached hydrogens (tertiary/aromatic N) is 1. The molecular weight excluding hydrogens is 232 g/mol. The van der Waals surface area contributed by atoms with Crippen LogP contribution >= 0.6 is 11.6 Å². The van der Waals surface area contributed by atoms with E-state index in [9.17, 15) is 0 Å². The number of hydrogen-bond donors (Lipinski definition) is 1. The lowest BCUT2D eigenvalue weighted by atomic mass is 10.2. The fourth-order valence-corrected chi connectivity index (χ4v) is 2.54. The molecule has 0 bridgehead atoms. The molecule has 0 spiro atoms. The lowest BCUT2D eigenvalue weighted by molar-refractivity contribution is 0.268. The van der Waals surface area contributed by atoms with Crippen LogP contribution in [0.3, 0.4) is 0 Å². The third kappa shape index (κ3) is 3.70. The van der Waals surface area contributed by atoms with Crippen LogP contribution in [0, 0.1) is 0 Å². The summed E-state index contributed by atoms with van der Waals surface area (Å²) in [4.78, 5) is 2.52. The van der Waals surface area contributed by atoms with Gasteiger partial charge in [0.15, 0.2) is 0 Å². The second-order valence-electron chi connectivity index (χ2n) is 5.09. The van der Waals surface area contributed by atoms with Crippen molar-refractivity contribution in [2.24, 2.45) is 0 Å². The Labute approximate surface area is 109 Å². The number of likely N-dealkylation sites (tertiary alicyclic amines) is 1. The molecule has 1 heterocycles. The molecule has 0 radical (unpaired) electrons. The highest BCUT2D eigenvalue weighted by molar-refractivity contribution is 6.30. The van der Waals surface area contributed by atoms with E-state index in [-0.39, 0.29) is 0 Å². The van der Waals surface area contributed by atoms with Crippen LogP contribution < -0.4 is 5.32 Å². The third-order valence-electron chi connectivity index (χ3n) is 3.43. The van der Waals surface area contributed by atoms with E-state index < -0.39 is 0 Å². The maximum atomic E-state index is 5.97. The molecule has 0 aliphatic carbocycles. The Morgan fingerprint density at radius 2 is 2.29 bits per heavy atom. The Kier molecular flexibility index (Phi) is 4.43. The van der Waals surface area contributed by atoms with Crippen molar-refractivity contribution in [3.05, 3.63) is 34.9 Å². The van der Waals surface area contributed by atoms with Crippen LogP contribution in [0.2, 0.25) is 5.02 Å². The van der Waals surface area contributed by atoms with Gasteiger partial charge in [-0.1, -0.05) is 23.7 Å². The van der Waals surface area contributed by atoms with E-state index in [1.54, 1.807) is 0 Å². The Hall–Kier alpha value is -0.570. The van der Waals surface area contributed by atoms with Crippen LogP contribution in [0.25, 0.3) is 0 Å². The van der Waals surface area contributed by atoms with E-state index in [1.807, 2.05) is 18.2 Å². The van der Waals surface area contributed by atoms with Crippen molar-refractivity contribution in [1.82, 2.24) is 10.2 Å². The predicted molar refractivity (Wildman–Crippen MR) is 73.4 cm³/mol. The Bertz CT molecular complexity index is 365. The van der Waals surface area contributed by atoms with E-state index >= 15 is 0 Å². The molecule has 0 aromatic heterocycles. The summed E-state index contributed by atoms with van der Waals surface area (Å²) in [6, 6.07) is 9.36. The van der Waals surface area contributed by atoms with Crippen molar-refractivity contribution in [2.45, 2.75) is 38.9 Å². The van der Waals surface area contributed by atoms with Gasteiger partial charge in [0.1, 0.15) is 0 Å². The summed E-state index contributed by atoms with van der Waals surface area (Å²) in [5.74, 6) is 0. The molecule has 1 saturated heterocycles. The molecule has 1 N–H and O–H groups in total. The summed E-state index contributed by atoms with van der Waals surface area (Å²) < 4.78 is 0. The monoisotopic (exact) mass is 252 g/mol.